The summed E-state index contributed by atoms with van der Waals surface area (Å²) in [5.41, 5.74) is 0. The molecule has 1 aliphatic rings. The van der Waals surface area contributed by atoms with Gasteiger partial charge in [-0.1, -0.05) is 0 Å². The quantitative estimate of drug-likeness (QED) is 0.914. The zero-order valence-electron chi connectivity index (χ0n) is 10.6. The molecule has 0 amide bonds. The Kier molecular flexibility index (Phi) is 4.17. The van der Waals surface area contributed by atoms with Crippen LogP contribution in [0.1, 0.15) is 12.8 Å². The van der Waals surface area contributed by atoms with Gasteiger partial charge in [0.2, 0.25) is 10.0 Å². The van der Waals surface area contributed by atoms with Crippen LogP contribution in [-0.2, 0) is 10.0 Å². The average Bonchev–Trinajstić information content (AvgIpc) is 2.41. The maximum Gasteiger partial charge on any atom is 0.243 e. The highest BCUT2D eigenvalue weighted by atomic mass is 32.2. The van der Waals surface area contributed by atoms with Crippen LogP contribution in [0.5, 0.6) is 0 Å². The van der Waals surface area contributed by atoms with Crippen LogP contribution in [0, 0.1) is 11.6 Å². The molecule has 2 rings (SSSR count). The van der Waals surface area contributed by atoms with Crippen LogP contribution in [0.4, 0.5) is 8.78 Å². The summed E-state index contributed by atoms with van der Waals surface area (Å²) in [5, 5.41) is 3.10. The van der Waals surface area contributed by atoms with E-state index >= 15 is 0 Å². The first-order chi connectivity index (χ1) is 8.95. The van der Waals surface area contributed by atoms with Crippen LogP contribution in [0.3, 0.4) is 0 Å². The Morgan fingerprint density at radius 1 is 1.21 bits per heavy atom. The molecule has 1 aromatic rings. The van der Waals surface area contributed by atoms with Crippen molar-refractivity contribution in [3.05, 3.63) is 29.8 Å². The Hall–Kier alpha value is -1.05. The maximum absolute atomic E-state index is 13.1. The highest BCUT2D eigenvalue weighted by molar-refractivity contribution is 7.89. The lowest BCUT2D eigenvalue weighted by Gasteiger charge is -2.30. The first-order valence-electron chi connectivity index (χ1n) is 6.07. The van der Waals surface area contributed by atoms with Gasteiger partial charge in [-0.05, 0) is 38.1 Å². The first kappa shape index (κ1) is 14.4. The van der Waals surface area contributed by atoms with E-state index in [0.29, 0.717) is 32.0 Å². The van der Waals surface area contributed by atoms with Gasteiger partial charge >= 0.3 is 0 Å². The molecule has 0 bridgehead atoms. The van der Waals surface area contributed by atoms with Crippen molar-refractivity contribution >= 4 is 10.0 Å². The lowest BCUT2D eigenvalue weighted by molar-refractivity contribution is 0.298. The fourth-order valence-corrected chi connectivity index (χ4v) is 3.65. The highest BCUT2D eigenvalue weighted by Crippen LogP contribution is 2.22. The second-order valence-corrected chi connectivity index (χ2v) is 6.48. The van der Waals surface area contributed by atoms with Crippen LogP contribution in [0.15, 0.2) is 23.1 Å². The summed E-state index contributed by atoms with van der Waals surface area (Å²) in [7, 11) is -1.90. The van der Waals surface area contributed by atoms with E-state index in [2.05, 4.69) is 5.32 Å². The number of halogens is 2. The molecule has 1 N–H and O–H groups in total. The van der Waals surface area contributed by atoms with Crippen molar-refractivity contribution in [2.75, 3.05) is 20.1 Å². The monoisotopic (exact) mass is 290 g/mol. The molecule has 0 aliphatic carbocycles. The number of hydrogen-bond donors (Lipinski definition) is 1. The van der Waals surface area contributed by atoms with Gasteiger partial charge in [0.05, 0.1) is 4.90 Å². The van der Waals surface area contributed by atoms with Crippen LogP contribution in [0.2, 0.25) is 0 Å². The molecule has 0 atom stereocenters. The molecule has 1 heterocycles. The molecule has 1 saturated heterocycles. The van der Waals surface area contributed by atoms with Crippen molar-refractivity contribution < 1.29 is 17.2 Å². The zero-order chi connectivity index (χ0) is 14.0. The predicted molar refractivity (Wildman–Crippen MR) is 67.2 cm³/mol. The lowest BCUT2D eigenvalue weighted by Crippen LogP contribution is -2.43. The number of rotatable bonds is 3. The summed E-state index contributed by atoms with van der Waals surface area (Å²) in [4.78, 5) is -0.200. The molecule has 1 fully saturated rings. The number of nitrogens with zero attached hydrogens (tertiary/aromatic N) is 1. The van der Waals surface area contributed by atoms with Gasteiger partial charge in [0.25, 0.3) is 0 Å². The fourth-order valence-electron chi connectivity index (χ4n) is 2.17. The van der Waals surface area contributed by atoms with Crippen molar-refractivity contribution in [2.45, 2.75) is 23.8 Å². The van der Waals surface area contributed by atoms with E-state index in [1.54, 1.807) is 0 Å². The highest BCUT2D eigenvalue weighted by Gasteiger charge is 2.29. The predicted octanol–water partition coefficient (Wildman–Crippen LogP) is 1.34. The third-order valence-electron chi connectivity index (χ3n) is 3.39. The molecular weight excluding hydrogens is 274 g/mol. The summed E-state index contributed by atoms with van der Waals surface area (Å²) in [6.45, 7) is 0.764. The van der Waals surface area contributed by atoms with Gasteiger partial charge in [-0.2, -0.15) is 4.31 Å². The van der Waals surface area contributed by atoms with Gasteiger partial charge in [0.15, 0.2) is 11.6 Å². The van der Waals surface area contributed by atoms with E-state index in [0.717, 1.165) is 18.2 Å². The minimum absolute atomic E-state index is 0.200. The van der Waals surface area contributed by atoms with E-state index in [1.165, 1.54) is 4.31 Å². The smallest absolute Gasteiger partial charge is 0.243 e. The summed E-state index contributed by atoms with van der Waals surface area (Å²) >= 11 is 0. The molecular formula is C12H16F2N2O2S. The molecule has 19 heavy (non-hydrogen) atoms. The van der Waals surface area contributed by atoms with Crippen molar-refractivity contribution in [3.63, 3.8) is 0 Å². The van der Waals surface area contributed by atoms with E-state index < -0.39 is 21.7 Å². The topological polar surface area (TPSA) is 49.4 Å². The Morgan fingerprint density at radius 3 is 2.37 bits per heavy atom. The number of sulfonamides is 1. The molecule has 0 radical (unpaired) electrons. The summed E-state index contributed by atoms with van der Waals surface area (Å²) in [6, 6.07) is 2.96. The van der Waals surface area contributed by atoms with Gasteiger partial charge in [-0.3, -0.25) is 0 Å². The molecule has 0 saturated carbocycles. The van der Waals surface area contributed by atoms with Crippen molar-refractivity contribution in [3.8, 4) is 0 Å². The largest absolute Gasteiger partial charge is 0.317 e. The molecule has 4 nitrogen and oxygen atoms in total. The Balaban J connectivity index is 2.21. The van der Waals surface area contributed by atoms with Gasteiger partial charge in [0.1, 0.15) is 0 Å². The second kappa shape index (κ2) is 5.52. The van der Waals surface area contributed by atoms with Gasteiger partial charge in [-0.25, -0.2) is 17.2 Å². The third kappa shape index (κ3) is 2.93. The van der Waals surface area contributed by atoms with Crippen LogP contribution < -0.4 is 5.32 Å². The average molecular weight is 290 g/mol. The standard InChI is InChI=1S/C12H16F2N2O2S/c1-15-9-4-6-16(7-5-9)19(17,18)10-2-3-11(13)12(14)8-10/h2-3,8-9,15H,4-7H2,1H3. The van der Waals surface area contributed by atoms with Crippen LogP contribution in [0.25, 0.3) is 0 Å². The number of piperidine rings is 1. The Bertz CT molecular complexity index is 555. The second-order valence-electron chi connectivity index (χ2n) is 4.54. The Labute approximate surface area is 111 Å². The zero-order valence-corrected chi connectivity index (χ0v) is 11.4. The molecule has 1 aromatic carbocycles. The molecule has 106 valence electrons. The van der Waals surface area contributed by atoms with E-state index in [4.69, 9.17) is 0 Å². The van der Waals surface area contributed by atoms with Gasteiger partial charge < -0.3 is 5.32 Å². The summed E-state index contributed by atoms with van der Waals surface area (Å²) in [5.74, 6) is -2.20. The van der Waals surface area contributed by atoms with E-state index in [-0.39, 0.29) is 4.90 Å². The van der Waals surface area contributed by atoms with E-state index in [1.807, 2.05) is 7.05 Å². The first-order valence-corrected chi connectivity index (χ1v) is 7.51. The van der Waals surface area contributed by atoms with E-state index in [9.17, 15) is 17.2 Å². The fraction of sp³-hybridized carbons (Fsp3) is 0.500. The number of nitrogens with one attached hydrogen (secondary N) is 1. The van der Waals surface area contributed by atoms with Crippen molar-refractivity contribution in [1.82, 2.24) is 9.62 Å². The van der Waals surface area contributed by atoms with Crippen LogP contribution >= 0.6 is 0 Å². The molecule has 0 spiro atoms. The van der Waals surface area contributed by atoms with Gasteiger partial charge in [0, 0.05) is 19.1 Å². The number of benzene rings is 1. The molecule has 1 aliphatic heterocycles. The molecule has 0 unspecified atom stereocenters. The summed E-state index contributed by atoms with van der Waals surface area (Å²) in [6.07, 6.45) is 1.42. The lowest BCUT2D eigenvalue weighted by atomic mass is 10.1. The minimum atomic E-state index is -3.73. The summed E-state index contributed by atoms with van der Waals surface area (Å²) < 4.78 is 51.8. The van der Waals surface area contributed by atoms with Crippen molar-refractivity contribution in [2.24, 2.45) is 0 Å². The molecule has 0 aromatic heterocycles. The molecule has 7 heteroatoms. The normalized spacial score (nSPS) is 18.7. The number of hydrogen-bond acceptors (Lipinski definition) is 3. The van der Waals surface area contributed by atoms with Crippen molar-refractivity contribution in [1.29, 1.82) is 0 Å². The van der Waals surface area contributed by atoms with Crippen LogP contribution in [-0.4, -0.2) is 38.9 Å². The SMILES string of the molecule is CNC1CCN(S(=O)(=O)c2ccc(F)c(F)c2)CC1. The maximum atomic E-state index is 13.1. The van der Waals surface area contributed by atoms with Gasteiger partial charge in [-0.15, -0.1) is 0 Å². The third-order valence-corrected chi connectivity index (χ3v) is 5.29. The minimum Gasteiger partial charge on any atom is -0.317 e. The Morgan fingerprint density at radius 2 is 1.84 bits per heavy atom.